The maximum atomic E-state index is 13.7. The molecule has 3 aromatic rings. The van der Waals surface area contributed by atoms with Crippen LogP contribution in [0, 0.1) is 5.82 Å². The lowest BCUT2D eigenvalue weighted by molar-refractivity contribution is 0.102. The number of pyridine rings is 1. The number of benzene rings is 2. The maximum absolute atomic E-state index is 13.7. The Bertz CT molecular complexity index is 913. The molecule has 2 aromatic carbocycles. The summed E-state index contributed by atoms with van der Waals surface area (Å²) in [7, 11) is 1.64. The number of halogens is 1. The number of carbonyl (C=O) groups is 1. The second-order valence-electron chi connectivity index (χ2n) is 5.89. The molecule has 138 valence electrons. The molecule has 2 N–H and O–H groups in total. The van der Waals surface area contributed by atoms with E-state index in [1.54, 1.807) is 37.6 Å². The van der Waals surface area contributed by atoms with Crippen molar-refractivity contribution in [3.63, 3.8) is 0 Å². The molecule has 0 spiro atoms. The van der Waals surface area contributed by atoms with Gasteiger partial charge in [-0.05, 0) is 48.4 Å². The van der Waals surface area contributed by atoms with Crippen LogP contribution in [0.25, 0.3) is 0 Å². The molecular weight excluding hydrogens is 345 g/mol. The smallest absolute Gasteiger partial charge is 0.274 e. The Labute approximate surface area is 157 Å². The number of hydrogen-bond donors (Lipinski definition) is 2. The molecule has 0 aliphatic rings. The largest absolute Gasteiger partial charge is 0.497 e. The number of ether oxygens (including phenoxy) is 1. The van der Waals surface area contributed by atoms with Gasteiger partial charge in [-0.1, -0.05) is 24.3 Å². The number of amides is 1. The average Bonchev–Trinajstić information content (AvgIpc) is 2.70. The second kappa shape index (κ2) is 8.80. The lowest BCUT2D eigenvalue weighted by Crippen LogP contribution is -2.15. The third-order valence-electron chi connectivity index (χ3n) is 4.02. The van der Waals surface area contributed by atoms with Gasteiger partial charge in [-0.25, -0.2) is 4.39 Å². The van der Waals surface area contributed by atoms with E-state index < -0.39 is 11.7 Å². The SMILES string of the molecule is COc1ccc(CCNc2ccnc(C(=O)Nc3ccccc3F)c2)cc1. The summed E-state index contributed by atoms with van der Waals surface area (Å²) >= 11 is 0. The summed E-state index contributed by atoms with van der Waals surface area (Å²) in [5.74, 6) is -0.120. The highest BCUT2D eigenvalue weighted by atomic mass is 19.1. The number of nitrogens with one attached hydrogen (secondary N) is 2. The molecule has 6 heteroatoms. The molecule has 27 heavy (non-hydrogen) atoms. The number of nitrogens with zero attached hydrogens (tertiary/aromatic N) is 1. The van der Waals surface area contributed by atoms with Crippen LogP contribution in [0.15, 0.2) is 66.9 Å². The summed E-state index contributed by atoms with van der Waals surface area (Å²) in [6, 6.07) is 17.3. The highest BCUT2D eigenvalue weighted by molar-refractivity contribution is 6.03. The Hall–Kier alpha value is -3.41. The van der Waals surface area contributed by atoms with Crippen LogP contribution in [-0.2, 0) is 6.42 Å². The molecule has 1 heterocycles. The number of anilines is 2. The van der Waals surface area contributed by atoms with Crippen LogP contribution in [0.4, 0.5) is 15.8 Å². The minimum atomic E-state index is -0.486. The van der Waals surface area contributed by atoms with Crippen LogP contribution in [0.2, 0.25) is 0 Å². The van der Waals surface area contributed by atoms with Crippen molar-refractivity contribution < 1.29 is 13.9 Å². The monoisotopic (exact) mass is 365 g/mol. The van der Waals surface area contributed by atoms with Crippen LogP contribution in [-0.4, -0.2) is 24.5 Å². The molecule has 1 aromatic heterocycles. The fourth-order valence-corrected chi connectivity index (χ4v) is 2.56. The first-order chi connectivity index (χ1) is 13.2. The van der Waals surface area contributed by atoms with Crippen molar-refractivity contribution in [3.05, 3.63) is 83.9 Å². The quantitative estimate of drug-likeness (QED) is 0.661. The normalized spacial score (nSPS) is 10.3. The molecule has 0 aliphatic carbocycles. The third kappa shape index (κ3) is 5.04. The second-order valence-corrected chi connectivity index (χ2v) is 5.89. The van der Waals surface area contributed by atoms with Gasteiger partial charge in [-0.3, -0.25) is 9.78 Å². The Morgan fingerprint density at radius 3 is 2.63 bits per heavy atom. The predicted molar refractivity (Wildman–Crippen MR) is 104 cm³/mol. The first-order valence-corrected chi connectivity index (χ1v) is 8.54. The van der Waals surface area contributed by atoms with Crippen molar-refractivity contribution in [1.82, 2.24) is 4.98 Å². The van der Waals surface area contributed by atoms with Gasteiger partial charge < -0.3 is 15.4 Å². The van der Waals surface area contributed by atoms with Gasteiger partial charge in [-0.2, -0.15) is 0 Å². The van der Waals surface area contributed by atoms with E-state index in [0.29, 0.717) is 6.54 Å². The van der Waals surface area contributed by atoms with E-state index in [1.807, 2.05) is 24.3 Å². The van der Waals surface area contributed by atoms with E-state index in [2.05, 4.69) is 15.6 Å². The number of rotatable bonds is 7. The summed E-state index contributed by atoms with van der Waals surface area (Å²) < 4.78 is 18.8. The number of para-hydroxylation sites is 1. The van der Waals surface area contributed by atoms with Crippen molar-refractivity contribution in [2.45, 2.75) is 6.42 Å². The van der Waals surface area contributed by atoms with Gasteiger partial charge in [0.05, 0.1) is 12.8 Å². The lowest BCUT2D eigenvalue weighted by Gasteiger charge is -2.09. The molecule has 3 rings (SSSR count). The number of aromatic nitrogens is 1. The first-order valence-electron chi connectivity index (χ1n) is 8.54. The predicted octanol–water partition coefficient (Wildman–Crippen LogP) is 4.14. The molecule has 0 radical (unpaired) electrons. The van der Waals surface area contributed by atoms with E-state index in [1.165, 1.54) is 17.7 Å². The molecule has 0 saturated carbocycles. The third-order valence-corrected chi connectivity index (χ3v) is 4.02. The fraction of sp³-hybridized carbons (Fsp3) is 0.143. The number of carbonyl (C=O) groups excluding carboxylic acids is 1. The molecule has 1 amide bonds. The zero-order chi connectivity index (χ0) is 19.1. The standard InChI is InChI=1S/C21H20FN3O2/c1-27-17-8-6-15(7-9-17)10-12-23-16-11-13-24-20(14-16)21(26)25-19-5-3-2-4-18(19)22/h2-9,11,13-14H,10,12H2,1H3,(H,23,24)(H,25,26). The Morgan fingerprint density at radius 1 is 1.11 bits per heavy atom. The molecule has 0 fully saturated rings. The Kier molecular flexibility index (Phi) is 5.99. The molecule has 0 aliphatic heterocycles. The van der Waals surface area contributed by atoms with E-state index in [9.17, 15) is 9.18 Å². The average molecular weight is 365 g/mol. The van der Waals surface area contributed by atoms with E-state index in [0.717, 1.165) is 17.9 Å². The van der Waals surface area contributed by atoms with Crippen molar-refractivity contribution in [3.8, 4) is 5.75 Å². The summed E-state index contributed by atoms with van der Waals surface area (Å²) in [4.78, 5) is 16.4. The van der Waals surface area contributed by atoms with E-state index >= 15 is 0 Å². The van der Waals surface area contributed by atoms with Crippen LogP contribution in [0.3, 0.4) is 0 Å². The fourth-order valence-electron chi connectivity index (χ4n) is 2.56. The minimum absolute atomic E-state index is 0.127. The number of methoxy groups -OCH3 is 1. The van der Waals surface area contributed by atoms with Gasteiger partial charge in [0.25, 0.3) is 5.91 Å². The molecule has 0 unspecified atom stereocenters. The van der Waals surface area contributed by atoms with Crippen LogP contribution >= 0.6 is 0 Å². The zero-order valence-corrected chi connectivity index (χ0v) is 14.9. The molecule has 0 saturated heterocycles. The highest BCUT2D eigenvalue weighted by Gasteiger charge is 2.10. The van der Waals surface area contributed by atoms with E-state index in [-0.39, 0.29) is 11.4 Å². The van der Waals surface area contributed by atoms with Crippen molar-refractivity contribution in [2.75, 3.05) is 24.3 Å². The van der Waals surface area contributed by atoms with Crippen molar-refractivity contribution >= 4 is 17.3 Å². The summed E-state index contributed by atoms with van der Waals surface area (Å²) in [6.07, 6.45) is 2.37. The minimum Gasteiger partial charge on any atom is -0.497 e. The Morgan fingerprint density at radius 2 is 1.89 bits per heavy atom. The molecule has 0 atom stereocenters. The van der Waals surface area contributed by atoms with Crippen LogP contribution in [0.1, 0.15) is 16.1 Å². The van der Waals surface area contributed by atoms with Gasteiger partial charge in [0, 0.05) is 18.4 Å². The first kappa shape index (κ1) is 18.4. The Balaban J connectivity index is 1.58. The molecule has 5 nitrogen and oxygen atoms in total. The summed E-state index contributed by atoms with van der Waals surface area (Å²) in [6.45, 7) is 0.699. The maximum Gasteiger partial charge on any atom is 0.274 e. The van der Waals surface area contributed by atoms with Crippen LogP contribution < -0.4 is 15.4 Å². The highest BCUT2D eigenvalue weighted by Crippen LogP contribution is 2.15. The van der Waals surface area contributed by atoms with Crippen molar-refractivity contribution in [1.29, 1.82) is 0 Å². The van der Waals surface area contributed by atoms with Gasteiger partial charge in [0.2, 0.25) is 0 Å². The van der Waals surface area contributed by atoms with Crippen LogP contribution in [0.5, 0.6) is 5.75 Å². The zero-order valence-electron chi connectivity index (χ0n) is 14.9. The number of hydrogen-bond acceptors (Lipinski definition) is 4. The summed E-state index contributed by atoms with van der Waals surface area (Å²) in [5.41, 5.74) is 2.29. The summed E-state index contributed by atoms with van der Waals surface area (Å²) in [5, 5.41) is 5.80. The lowest BCUT2D eigenvalue weighted by atomic mass is 10.1. The van der Waals surface area contributed by atoms with Gasteiger partial charge >= 0.3 is 0 Å². The van der Waals surface area contributed by atoms with Crippen molar-refractivity contribution in [2.24, 2.45) is 0 Å². The topological polar surface area (TPSA) is 63.2 Å². The van der Waals surface area contributed by atoms with E-state index in [4.69, 9.17) is 4.74 Å². The molecular formula is C21H20FN3O2. The van der Waals surface area contributed by atoms with Gasteiger partial charge in [0.1, 0.15) is 17.3 Å². The molecule has 0 bridgehead atoms. The van der Waals surface area contributed by atoms with Gasteiger partial charge in [0.15, 0.2) is 0 Å². The van der Waals surface area contributed by atoms with Gasteiger partial charge in [-0.15, -0.1) is 0 Å².